The van der Waals surface area contributed by atoms with Crippen LogP contribution in [0.5, 0.6) is 5.75 Å². The van der Waals surface area contributed by atoms with Crippen LogP contribution in [-0.4, -0.2) is 26.5 Å². The maximum absolute atomic E-state index is 13.7. The van der Waals surface area contributed by atoms with Gasteiger partial charge in [0.1, 0.15) is 11.6 Å². The van der Waals surface area contributed by atoms with E-state index in [0.717, 1.165) is 12.1 Å². The van der Waals surface area contributed by atoms with Crippen molar-refractivity contribution < 1.29 is 18.7 Å². The molecule has 0 unspecified atom stereocenters. The zero-order valence-electron chi connectivity index (χ0n) is 13.6. The Kier molecular flexibility index (Phi) is 4.74. The fourth-order valence-corrected chi connectivity index (χ4v) is 2.27. The number of aromatic hydroxyl groups is 1. The third kappa shape index (κ3) is 3.59. The number of hydrogen-bond acceptors (Lipinski definition) is 4. The summed E-state index contributed by atoms with van der Waals surface area (Å²) in [6, 6.07) is 12.0. The zero-order valence-corrected chi connectivity index (χ0v) is 13.6. The maximum atomic E-state index is 13.7. The number of benzene rings is 2. The molecule has 1 amide bonds. The van der Waals surface area contributed by atoms with Gasteiger partial charge in [-0.25, -0.2) is 18.9 Å². The topological polar surface area (TPSA) is 79.5 Å². The molecule has 26 heavy (non-hydrogen) atoms. The molecule has 0 fully saturated rings. The minimum atomic E-state index is -0.795. The monoisotopic (exact) mass is 356 g/mol. The molecule has 0 atom stereocenters. The third-order valence-electron chi connectivity index (χ3n) is 3.58. The quantitative estimate of drug-likeness (QED) is 0.557. The Labute approximate surface area is 147 Å². The van der Waals surface area contributed by atoms with E-state index in [2.05, 4.69) is 15.6 Å². The maximum Gasteiger partial charge on any atom is 0.295 e. The summed E-state index contributed by atoms with van der Waals surface area (Å²) in [4.78, 5) is 12.2. The average Bonchev–Trinajstić information content (AvgIpc) is 3.02. The minimum Gasteiger partial charge on any atom is -0.504 e. The Hall–Kier alpha value is -3.55. The van der Waals surface area contributed by atoms with Gasteiger partial charge in [0.05, 0.1) is 17.6 Å². The molecular weight excluding hydrogens is 342 g/mol. The van der Waals surface area contributed by atoms with Crippen LogP contribution in [0.4, 0.5) is 8.78 Å². The van der Waals surface area contributed by atoms with Crippen molar-refractivity contribution in [2.45, 2.75) is 6.92 Å². The molecule has 1 aromatic heterocycles. The van der Waals surface area contributed by atoms with E-state index in [9.17, 15) is 18.7 Å². The van der Waals surface area contributed by atoms with E-state index in [-0.39, 0.29) is 22.7 Å². The predicted molar refractivity (Wildman–Crippen MR) is 91.3 cm³/mol. The second-order valence-electron chi connectivity index (χ2n) is 5.41. The molecule has 3 aromatic rings. The van der Waals surface area contributed by atoms with Crippen molar-refractivity contribution in [3.05, 3.63) is 77.6 Å². The number of halogens is 2. The minimum absolute atomic E-state index is 0.0470. The van der Waals surface area contributed by atoms with Gasteiger partial charge in [-0.15, -0.1) is 0 Å². The van der Waals surface area contributed by atoms with Gasteiger partial charge in [-0.2, -0.15) is 10.2 Å². The number of rotatable bonds is 4. The summed E-state index contributed by atoms with van der Waals surface area (Å²) in [5.41, 5.74) is 2.81. The lowest BCUT2D eigenvalue weighted by atomic mass is 10.1. The summed E-state index contributed by atoms with van der Waals surface area (Å²) in [7, 11) is 0. The van der Waals surface area contributed by atoms with Gasteiger partial charge in [-0.05, 0) is 31.2 Å². The lowest BCUT2D eigenvalue weighted by molar-refractivity contribution is 0.0947. The third-order valence-corrected chi connectivity index (χ3v) is 3.58. The summed E-state index contributed by atoms with van der Waals surface area (Å²) in [6.07, 6.45) is 1.29. The Morgan fingerprint density at radius 2 is 1.92 bits per heavy atom. The molecule has 8 heteroatoms. The highest BCUT2D eigenvalue weighted by Gasteiger charge is 2.17. The van der Waals surface area contributed by atoms with E-state index in [0.29, 0.717) is 5.69 Å². The molecule has 132 valence electrons. The van der Waals surface area contributed by atoms with Crippen molar-refractivity contribution in [1.29, 1.82) is 0 Å². The number of nitrogens with one attached hydrogen (secondary N) is 1. The summed E-state index contributed by atoms with van der Waals surface area (Å²) in [6.45, 7) is 1.46. The molecule has 6 nitrogen and oxygen atoms in total. The fraction of sp³-hybridized carbons (Fsp3) is 0.0556. The molecule has 0 radical (unpaired) electrons. The highest BCUT2D eigenvalue weighted by molar-refractivity contribution is 6.01. The van der Waals surface area contributed by atoms with Crippen molar-refractivity contribution >= 4 is 11.6 Å². The molecule has 2 aromatic carbocycles. The first-order valence-corrected chi connectivity index (χ1v) is 7.60. The molecular formula is C18H14F2N4O2. The standard InChI is InChI=1S/C18H14F2N4O2/c1-11(14-8-7-12(19)9-15(14)20)21-22-18(26)17-16(25)10-24(23-17)13-5-3-2-4-6-13/h2-10,25H,1H3,(H,22,26)/b21-11+. The highest BCUT2D eigenvalue weighted by Crippen LogP contribution is 2.18. The molecule has 0 bridgehead atoms. The number of amides is 1. The molecule has 0 saturated heterocycles. The van der Waals surface area contributed by atoms with E-state index in [1.807, 2.05) is 6.07 Å². The van der Waals surface area contributed by atoms with Crippen LogP contribution in [0.3, 0.4) is 0 Å². The van der Waals surface area contributed by atoms with Crippen molar-refractivity contribution in [2.75, 3.05) is 0 Å². The summed E-state index contributed by atoms with van der Waals surface area (Å²) in [5.74, 6) is -2.60. The first-order chi connectivity index (χ1) is 12.5. The first kappa shape index (κ1) is 17.3. The van der Waals surface area contributed by atoms with Gasteiger partial charge in [0, 0.05) is 11.6 Å². The number of nitrogens with zero attached hydrogens (tertiary/aromatic N) is 3. The van der Waals surface area contributed by atoms with Crippen molar-refractivity contribution in [3.8, 4) is 11.4 Å². The molecule has 2 N–H and O–H groups in total. The summed E-state index contributed by atoms with van der Waals surface area (Å²) >= 11 is 0. The molecule has 3 rings (SSSR count). The van der Waals surface area contributed by atoms with Crippen LogP contribution >= 0.6 is 0 Å². The van der Waals surface area contributed by atoms with E-state index in [1.54, 1.807) is 24.3 Å². The number of para-hydroxylation sites is 1. The van der Waals surface area contributed by atoms with Gasteiger partial charge in [-0.3, -0.25) is 4.79 Å². The number of aromatic nitrogens is 2. The Balaban J connectivity index is 1.79. The van der Waals surface area contributed by atoms with Crippen molar-refractivity contribution in [3.63, 3.8) is 0 Å². The number of carbonyl (C=O) groups excluding carboxylic acids is 1. The Morgan fingerprint density at radius 3 is 2.62 bits per heavy atom. The predicted octanol–water partition coefficient (Wildman–Crippen LogP) is 3.01. The lowest BCUT2D eigenvalue weighted by Gasteiger charge is -2.03. The molecule has 1 heterocycles. The molecule has 0 aliphatic heterocycles. The van der Waals surface area contributed by atoms with Crippen molar-refractivity contribution in [1.82, 2.24) is 15.2 Å². The smallest absolute Gasteiger partial charge is 0.295 e. The van der Waals surface area contributed by atoms with Gasteiger partial charge in [0.25, 0.3) is 5.91 Å². The summed E-state index contributed by atoms with van der Waals surface area (Å²) < 4.78 is 28.0. The second-order valence-corrected chi connectivity index (χ2v) is 5.41. The Bertz CT molecular complexity index is 984. The van der Waals surface area contributed by atoms with Gasteiger partial charge in [0.15, 0.2) is 11.4 Å². The van der Waals surface area contributed by atoms with Crippen molar-refractivity contribution in [2.24, 2.45) is 5.10 Å². The van der Waals surface area contributed by atoms with Gasteiger partial charge >= 0.3 is 0 Å². The molecule has 0 saturated carbocycles. The van der Waals surface area contributed by atoms with Gasteiger partial charge in [0.2, 0.25) is 0 Å². The zero-order chi connectivity index (χ0) is 18.7. The van der Waals surface area contributed by atoms with E-state index in [4.69, 9.17) is 0 Å². The number of hydrogen-bond donors (Lipinski definition) is 2. The molecule has 0 aliphatic rings. The molecule has 0 spiro atoms. The lowest BCUT2D eigenvalue weighted by Crippen LogP contribution is -2.20. The summed E-state index contributed by atoms with van der Waals surface area (Å²) in [5, 5.41) is 17.7. The first-order valence-electron chi connectivity index (χ1n) is 7.60. The second kappa shape index (κ2) is 7.14. The fourth-order valence-electron chi connectivity index (χ4n) is 2.27. The van der Waals surface area contributed by atoms with Crippen LogP contribution < -0.4 is 5.43 Å². The van der Waals surface area contributed by atoms with Crippen LogP contribution in [0.2, 0.25) is 0 Å². The van der Waals surface area contributed by atoms with Gasteiger partial charge < -0.3 is 5.11 Å². The van der Waals surface area contributed by atoms with Gasteiger partial charge in [-0.1, -0.05) is 18.2 Å². The van der Waals surface area contributed by atoms with Crippen LogP contribution in [0.25, 0.3) is 5.69 Å². The van der Waals surface area contributed by atoms with Crippen LogP contribution in [0.15, 0.2) is 59.8 Å². The molecule has 0 aliphatic carbocycles. The SMILES string of the molecule is C/C(=N\NC(=O)c1nn(-c2ccccc2)cc1O)c1ccc(F)cc1F. The van der Waals surface area contributed by atoms with E-state index in [1.165, 1.54) is 23.9 Å². The number of carbonyl (C=O) groups is 1. The van der Waals surface area contributed by atoms with E-state index >= 15 is 0 Å². The number of hydrazone groups is 1. The highest BCUT2D eigenvalue weighted by atomic mass is 19.1. The van der Waals surface area contributed by atoms with E-state index < -0.39 is 17.5 Å². The Morgan fingerprint density at radius 1 is 1.19 bits per heavy atom. The average molecular weight is 356 g/mol. The van der Waals surface area contributed by atoms with Crippen LogP contribution in [0.1, 0.15) is 23.0 Å². The van der Waals surface area contributed by atoms with Crippen LogP contribution in [0, 0.1) is 11.6 Å². The van der Waals surface area contributed by atoms with Crippen LogP contribution in [-0.2, 0) is 0 Å². The largest absolute Gasteiger partial charge is 0.504 e. The normalized spacial score (nSPS) is 11.4.